The molecule has 1 N–H and O–H groups in total. The van der Waals surface area contributed by atoms with E-state index < -0.39 is 0 Å². The third-order valence-corrected chi connectivity index (χ3v) is 3.47. The van der Waals surface area contributed by atoms with Gasteiger partial charge in [0.25, 0.3) is 0 Å². The minimum Gasteiger partial charge on any atom is -0.314 e. The van der Waals surface area contributed by atoms with Gasteiger partial charge in [0.2, 0.25) is 0 Å². The summed E-state index contributed by atoms with van der Waals surface area (Å²) in [4.78, 5) is 2.47. The van der Waals surface area contributed by atoms with Crippen LogP contribution < -0.4 is 5.32 Å². The summed E-state index contributed by atoms with van der Waals surface area (Å²) in [6, 6.07) is 8.61. The Labute approximate surface area is 111 Å². The van der Waals surface area contributed by atoms with E-state index in [2.05, 4.69) is 69.2 Å². The van der Waals surface area contributed by atoms with Crippen molar-refractivity contribution in [1.82, 2.24) is 10.2 Å². The maximum Gasteiger partial charge on any atom is 0.0167 e. The van der Waals surface area contributed by atoms with Gasteiger partial charge in [0.05, 0.1) is 0 Å². The van der Waals surface area contributed by atoms with Gasteiger partial charge in [0.15, 0.2) is 0 Å². The predicted molar refractivity (Wildman–Crippen MR) is 77.5 cm³/mol. The molecule has 2 nitrogen and oxygen atoms in total. The Balaban J connectivity index is 1.82. The molecule has 3 heteroatoms. The first-order chi connectivity index (χ1) is 7.84. The second kappa shape index (κ2) is 6.37. The highest BCUT2D eigenvalue weighted by Gasteiger charge is 2.06. The molecule has 0 radical (unpaired) electrons. The molecule has 86 valence electrons. The number of piperazine rings is 1. The fourth-order valence-corrected chi connectivity index (χ4v) is 2.17. The Morgan fingerprint density at radius 2 is 1.88 bits per heavy atom. The van der Waals surface area contributed by atoms with Crippen LogP contribution in [0.2, 0.25) is 0 Å². The zero-order valence-corrected chi connectivity index (χ0v) is 11.5. The van der Waals surface area contributed by atoms with Gasteiger partial charge in [-0.15, -0.1) is 0 Å². The molecule has 16 heavy (non-hydrogen) atoms. The maximum atomic E-state index is 3.36. The molecule has 0 unspecified atom stereocenters. The number of hydrogen-bond acceptors (Lipinski definition) is 2. The van der Waals surface area contributed by atoms with Gasteiger partial charge in [-0.1, -0.05) is 24.3 Å². The lowest BCUT2D eigenvalue weighted by atomic mass is 10.2. The van der Waals surface area contributed by atoms with Crippen molar-refractivity contribution in [3.63, 3.8) is 0 Å². The van der Waals surface area contributed by atoms with E-state index in [9.17, 15) is 0 Å². The van der Waals surface area contributed by atoms with E-state index in [0.717, 1.165) is 32.7 Å². The van der Waals surface area contributed by atoms with E-state index in [-0.39, 0.29) is 0 Å². The Morgan fingerprint density at radius 1 is 1.19 bits per heavy atom. The summed E-state index contributed by atoms with van der Waals surface area (Å²) in [5.74, 6) is 0. The minimum absolute atomic E-state index is 1.06. The van der Waals surface area contributed by atoms with Gasteiger partial charge >= 0.3 is 0 Å². The predicted octanol–water partition coefficient (Wildman–Crippen LogP) is 2.21. The molecule has 1 heterocycles. The average Bonchev–Trinajstić information content (AvgIpc) is 2.33. The van der Waals surface area contributed by atoms with Gasteiger partial charge in [-0.05, 0) is 40.3 Å². The first-order valence-electron chi connectivity index (χ1n) is 5.70. The van der Waals surface area contributed by atoms with Crippen molar-refractivity contribution in [2.24, 2.45) is 0 Å². The fraction of sp³-hybridized carbons (Fsp3) is 0.385. The van der Waals surface area contributed by atoms with Crippen molar-refractivity contribution in [1.29, 1.82) is 0 Å². The highest BCUT2D eigenvalue weighted by Crippen LogP contribution is 2.08. The van der Waals surface area contributed by atoms with Crippen LogP contribution in [0.4, 0.5) is 0 Å². The number of rotatable bonds is 3. The average molecular weight is 328 g/mol. The Kier molecular flexibility index (Phi) is 4.81. The van der Waals surface area contributed by atoms with Crippen molar-refractivity contribution >= 4 is 28.7 Å². The molecule has 0 spiro atoms. The molecule has 2 rings (SSSR count). The van der Waals surface area contributed by atoms with Crippen LogP contribution in [0.15, 0.2) is 30.3 Å². The van der Waals surface area contributed by atoms with E-state index in [1.165, 1.54) is 9.13 Å². The van der Waals surface area contributed by atoms with Gasteiger partial charge in [-0.3, -0.25) is 4.90 Å². The van der Waals surface area contributed by atoms with Crippen LogP contribution in [0.25, 0.3) is 6.08 Å². The molecular weight excluding hydrogens is 311 g/mol. The number of hydrogen-bond donors (Lipinski definition) is 1. The second-order valence-corrected chi connectivity index (χ2v) is 5.25. The van der Waals surface area contributed by atoms with Crippen molar-refractivity contribution in [2.75, 3.05) is 32.7 Å². The van der Waals surface area contributed by atoms with Crippen LogP contribution >= 0.6 is 22.6 Å². The normalized spacial score (nSPS) is 18.1. The maximum absolute atomic E-state index is 3.36. The van der Waals surface area contributed by atoms with E-state index in [1.54, 1.807) is 0 Å². The zero-order chi connectivity index (χ0) is 11.2. The number of nitrogens with zero attached hydrogens (tertiary/aromatic N) is 1. The molecular formula is C13H17IN2. The van der Waals surface area contributed by atoms with Gasteiger partial charge in [0.1, 0.15) is 0 Å². The summed E-state index contributed by atoms with van der Waals surface area (Å²) >= 11 is 2.33. The molecule has 1 saturated heterocycles. The van der Waals surface area contributed by atoms with E-state index in [0.29, 0.717) is 0 Å². The Morgan fingerprint density at radius 3 is 2.56 bits per heavy atom. The van der Waals surface area contributed by atoms with Crippen LogP contribution in [0.3, 0.4) is 0 Å². The first kappa shape index (κ1) is 12.1. The summed E-state index contributed by atoms with van der Waals surface area (Å²) in [5, 5.41) is 3.36. The molecule has 1 aliphatic heterocycles. The summed E-state index contributed by atoms with van der Waals surface area (Å²) in [7, 11) is 0. The number of halogens is 1. The quantitative estimate of drug-likeness (QED) is 0.856. The summed E-state index contributed by atoms with van der Waals surface area (Å²) < 4.78 is 1.29. The van der Waals surface area contributed by atoms with Gasteiger partial charge in [-0.25, -0.2) is 0 Å². The van der Waals surface area contributed by atoms with Crippen LogP contribution in [-0.4, -0.2) is 37.6 Å². The van der Waals surface area contributed by atoms with Gasteiger partial charge < -0.3 is 5.32 Å². The van der Waals surface area contributed by atoms with Crippen molar-refractivity contribution < 1.29 is 0 Å². The smallest absolute Gasteiger partial charge is 0.0167 e. The van der Waals surface area contributed by atoms with Gasteiger partial charge in [0, 0.05) is 36.3 Å². The minimum atomic E-state index is 1.06. The summed E-state index contributed by atoms with van der Waals surface area (Å²) in [5.41, 5.74) is 1.29. The third kappa shape index (κ3) is 3.88. The molecule has 1 aromatic rings. The number of nitrogens with one attached hydrogen (secondary N) is 1. The lowest BCUT2D eigenvalue weighted by molar-refractivity contribution is 0.265. The van der Waals surface area contributed by atoms with Gasteiger partial charge in [-0.2, -0.15) is 0 Å². The van der Waals surface area contributed by atoms with E-state index >= 15 is 0 Å². The van der Waals surface area contributed by atoms with E-state index in [1.807, 2.05) is 0 Å². The van der Waals surface area contributed by atoms with Crippen molar-refractivity contribution in [3.8, 4) is 0 Å². The molecule has 1 fully saturated rings. The molecule has 0 aliphatic carbocycles. The van der Waals surface area contributed by atoms with Crippen LogP contribution in [0.1, 0.15) is 5.56 Å². The fourth-order valence-electron chi connectivity index (χ4n) is 1.81. The molecule has 0 saturated carbocycles. The molecule has 0 atom stereocenters. The second-order valence-electron chi connectivity index (χ2n) is 4.00. The monoisotopic (exact) mass is 328 g/mol. The van der Waals surface area contributed by atoms with Crippen molar-refractivity contribution in [3.05, 3.63) is 39.5 Å². The first-order valence-corrected chi connectivity index (χ1v) is 6.78. The molecule has 0 bridgehead atoms. The summed E-state index contributed by atoms with van der Waals surface area (Å²) in [6.45, 7) is 5.64. The highest BCUT2D eigenvalue weighted by molar-refractivity contribution is 14.1. The third-order valence-electron chi connectivity index (χ3n) is 2.75. The standard InChI is InChI=1S/C13H17IN2/c14-13-5-3-12(4-6-13)2-1-9-16-10-7-15-8-11-16/h1-6,15H,7-11H2. The topological polar surface area (TPSA) is 15.3 Å². The lowest BCUT2D eigenvalue weighted by Gasteiger charge is -2.25. The Bertz CT molecular complexity index is 339. The largest absolute Gasteiger partial charge is 0.314 e. The molecule has 1 aliphatic rings. The molecule has 0 aromatic heterocycles. The zero-order valence-electron chi connectivity index (χ0n) is 9.32. The summed E-state index contributed by atoms with van der Waals surface area (Å²) in [6.07, 6.45) is 4.46. The highest BCUT2D eigenvalue weighted by atomic mass is 127. The van der Waals surface area contributed by atoms with Crippen LogP contribution in [-0.2, 0) is 0 Å². The SMILES string of the molecule is Ic1ccc(C=CCN2CCNCC2)cc1. The van der Waals surface area contributed by atoms with Crippen molar-refractivity contribution in [2.45, 2.75) is 0 Å². The molecule has 0 amide bonds. The van der Waals surface area contributed by atoms with E-state index in [4.69, 9.17) is 0 Å². The van der Waals surface area contributed by atoms with Crippen LogP contribution in [0.5, 0.6) is 0 Å². The number of benzene rings is 1. The van der Waals surface area contributed by atoms with Crippen LogP contribution in [0, 0.1) is 3.57 Å². The lowest BCUT2D eigenvalue weighted by Crippen LogP contribution is -2.43. The Hall–Kier alpha value is -0.390. The molecule has 1 aromatic carbocycles.